The first-order chi connectivity index (χ1) is 6.84. The molecule has 0 saturated carbocycles. The molecule has 0 aromatic carbocycles. The van der Waals surface area contributed by atoms with Crippen LogP contribution in [-0.4, -0.2) is 18.1 Å². The van der Waals surface area contributed by atoms with Crippen molar-refractivity contribution in [3.63, 3.8) is 0 Å². The normalized spacial score (nSPS) is 14.9. The van der Waals surface area contributed by atoms with Crippen LogP contribution in [0, 0.1) is 0 Å². The third-order valence-corrected chi connectivity index (χ3v) is 2.85. The summed E-state index contributed by atoms with van der Waals surface area (Å²) in [5.74, 6) is 0. The first kappa shape index (κ1) is 10.9. The Bertz CT molecular complexity index is 478. The summed E-state index contributed by atoms with van der Waals surface area (Å²) in [4.78, 5) is 10.7. The fourth-order valence-corrected chi connectivity index (χ4v) is 1.89. The van der Waals surface area contributed by atoms with Crippen molar-refractivity contribution in [2.45, 2.75) is 6.42 Å². The molecule has 15 heavy (non-hydrogen) atoms. The van der Waals surface area contributed by atoms with Crippen molar-refractivity contribution in [3.8, 4) is 0 Å². The maximum Gasteiger partial charge on any atom is 0.127 e. The second-order valence-electron chi connectivity index (χ2n) is 3.51. The third kappa shape index (κ3) is 1.78. The maximum atomic E-state index is 5.79. The molecule has 0 atom stereocenters. The molecule has 0 aliphatic carbocycles. The van der Waals surface area contributed by atoms with Gasteiger partial charge in [-0.3, -0.25) is 0 Å². The average molecular weight is 313 g/mol. The minimum Gasteiger partial charge on any atom is -0.662 e. The van der Waals surface area contributed by atoms with Gasteiger partial charge in [0.1, 0.15) is 5.15 Å². The van der Waals surface area contributed by atoms with Crippen LogP contribution in [0.4, 0.5) is 5.69 Å². The van der Waals surface area contributed by atoms with Gasteiger partial charge in [0.05, 0.1) is 0 Å². The van der Waals surface area contributed by atoms with Gasteiger partial charge >= 0.3 is 0 Å². The van der Waals surface area contributed by atoms with Gasteiger partial charge in [0.2, 0.25) is 0 Å². The van der Waals surface area contributed by atoms with E-state index < -0.39 is 0 Å². The molecule has 2 aromatic rings. The molecule has 1 saturated heterocycles. The van der Waals surface area contributed by atoms with E-state index in [9.17, 15) is 0 Å². The molecule has 3 rings (SSSR count). The standard InChI is InChI=1S/C10H9ClN3.Pd/c11-10-4-8-7(5-13-10)9(6-12-8)14-2-1-3-14;/h4-6H,1-3H2;/q-1;. The van der Waals surface area contributed by atoms with Crippen LogP contribution in [0.1, 0.15) is 6.42 Å². The number of anilines is 1. The predicted molar refractivity (Wildman–Crippen MR) is 56.9 cm³/mol. The van der Waals surface area contributed by atoms with Crippen LogP contribution in [0.5, 0.6) is 0 Å². The number of hydrogen-bond acceptors (Lipinski definition) is 2. The van der Waals surface area contributed by atoms with Crippen LogP contribution in [0.2, 0.25) is 5.15 Å². The smallest absolute Gasteiger partial charge is 0.127 e. The fraction of sp³-hybridized carbons (Fsp3) is 0.300. The van der Waals surface area contributed by atoms with Gasteiger partial charge in [-0.1, -0.05) is 11.6 Å². The van der Waals surface area contributed by atoms with Crippen LogP contribution < -0.4 is 9.88 Å². The Morgan fingerprint density at radius 3 is 2.87 bits per heavy atom. The minimum absolute atomic E-state index is 0. The van der Waals surface area contributed by atoms with Crippen molar-refractivity contribution in [3.05, 3.63) is 23.6 Å². The number of nitrogens with zero attached hydrogens (tertiary/aromatic N) is 3. The van der Waals surface area contributed by atoms with Gasteiger partial charge in [0, 0.05) is 45.4 Å². The Morgan fingerprint density at radius 2 is 2.20 bits per heavy atom. The van der Waals surface area contributed by atoms with E-state index in [4.69, 9.17) is 11.6 Å². The summed E-state index contributed by atoms with van der Waals surface area (Å²) in [5, 5.41) is 1.61. The summed E-state index contributed by atoms with van der Waals surface area (Å²) in [6, 6.07) is 1.81. The fourth-order valence-electron chi connectivity index (χ4n) is 1.73. The first-order valence-electron chi connectivity index (χ1n) is 4.66. The summed E-state index contributed by atoms with van der Waals surface area (Å²) in [6.45, 7) is 2.26. The Balaban J connectivity index is 0.000000853. The topological polar surface area (TPSA) is 30.2 Å². The molecule has 3 nitrogen and oxygen atoms in total. The van der Waals surface area contributed by atoms with Crippen molar-refractivity contribution in [2.24, 2.45) is 0 Å². The Morgan fingerprint density at radius 1 is 1.40 bits per heavy atom. The van der Waals surface area contributed by atoms with Crippen molar-refractivity contribution in [1.82, 2.24) is 9.97 Å². The van der Waals surface area contributed by atoms with Gasteiger partial charge < -0.3 is 9.88 Å². The van der Waals surface area contributed by atoms with E-state index in [0.29, 0.717) is 5.15 Å². The van der Waals surface area contributed by atoms with Crippen molar-refractivity contribution < 1.29 is 20.4 Å². The van der Waals surface area contributed by atoms with E-state index in [1.165, 1.54) is 12.1 Å². The molecule has 0 unspecified atom stereocenters. The number of hydrogen-bond donors (Lipinski definition) is 0. The van der Waals surface area contributed by atoms with E-state index in [2.05, 4.69) is 14.9 Å². The predicted octanol–water partition coefficient (Wildman–Crippen LogP) is 2.05. The second-order valence-corrected chi connectivity index (χ2v) is 3.90. The van der Waals surface area contributed by atoms with Gasteiger partial charge in [-0.2, -0.15) is 6.20 Å². The van der Waals surface area contributed by atoms with Crippen LogP contribution in [0.3, 0.4) is 0 Å². The molecule has 1 aliphatic rings. The van der Waals surface area contributed by atoms with Crippen LogP contribution >= 0.6 is 11.6 Å². The molecule has 0 amide bonds. The second kappa shape index (κ2) is 4.13. The van der Waals surface area contributed by atoms with E-state index in [1.807, 2.05) is 6.20 Å². The number of fused-ring (bicyclic) bond motifs is 1. The van der Waals surface area contributed by atoms with Gasteiger partial charge in [-0.05, 0) is 17.9 Å². The molecular formula is C10H9ClN3Pd-. The van der Waals surface area contributed by atoms with Crippen molar-refractivity contribution in [2.75, 3.05) is 18.0 Å². The van der Waals surface area contributed by atoms with E-state index >= 15 is 0 Å². The van der Waals surface area contributed by atoms with Gasteiger partial charge in [-0.15, -0.1) is 5.52 Å². The maximum absolute atomic E-state index is 5.79. The van der Waals surface area contributed by atoms with Crippen LogP contribution in [0.15, 0.2) is 18.5 Å². The summed E-state index contributed by atoms with van der Waals surface area (Å²) in [5.41, 5.74) is 2.13. The molecule has 0 radical (unpaired) electrons. The summed E-state index contributed by atoms with van der Waals surface area (Å²) < 4.78 is 0. The molecule has 0 bridgehead atoms. The molecule has 3 heterocycles. The molecular weight excluding hydrogens is 304 g/mol. The zero-order valence-electron chi connectivity index (χ0n) is 7.89. The average Bonchev–Trinajstić information content (AvgIpc) is 2.45. The van der Waals surface area contributed by atoms with Gasteiger partial charge in [0.15, 0.2) is 0 Å². The molecule has 1 fully saturated rings. The molecule has 1 aliphatic heterocycles. The Labute approximate surface area is 106 Å². The van der Waals surface area contributed by atoms with Gasteiger partial charge in [-0.25, -0.2) is 4.98 Å². The number of halogens is 1. The van der Waals surface area contributed by atoms with Crippen molar-refractivity contribution in [1.29, 1.82) is 0 Å². The molecule has 0 spiro atoms. The number of aromatic nitrogens is 2. The largest absolute Gasteiger partial charge is 0.662 e. The van der Waals surface area contributed by atoms with E-state index in [1.54, 1.807) is 12.3 Å². The zero-order valence-corrected chi connectivity index (χ0v) is 10.2. The monoisotopic (exact) mass is 312 g/mol. The SMILES string of the molecule is Clc1cc2[n-]cc(N3CCC3)c2cn1.[Pd]. The van der Waals surface area contributed by atoms with Gasteiger partial charge in [0.25, 0.3) is 0 Å². The molecule has 5 heteroatoms. The van der Waals surface area contributed by atoms with Crippen LogP contribution in [-0.2, 0) is 20.4 Å². The van der Waals surface area contributed by atoms with Crippen LogP contribution in [0.25, 0.3) is 10.9 Å². The zero-order chi connectivity index (χ0) is 9.54. The quantitative estimate of drug-likeness (QED) is 0.596. The third-order valence-electron chi connectivity index (χ3n) is 2.65. The molecule has 82 valence electrons. The Hall–Kier alpha value is -0.558. The first-order valence-corrected chi connectivity index (χ1v) is 5.04. The summed E-state index contributed by atoms with van der Waals surface area (Å²) in [7, 11) is 0. The molecule has 2 aromatic heterocycles. The Kier molecular flexibility index (Phi) is 3.01. The number of pyridine rings is 1. The van der Waals surface area contributed by atoms with E-state index in [-0.39, 0.29) is 20.4 Å². The molecule has 0 N–H and O–H groups in total. The summed E-state index contributed by atoms with van der Waals surface area (Å²) in [6.07, 6.45) is 4.98. The van der Waals surface area contributed by atoms with E-state index in [0.717, 1.165) is 24.0 Å². The summed E-state index contributed by atoms with van der Waals surface area (Å²) >= 11 is 5.79. The van der Waals surface area contributed by atoms with Crippen molar-refractivity contribution >= 4 is 28.2 Å². The minimum atomic E-state index is 0. The number of rotatable bonds is 1.